The fourth-order valence-corrected chi connectivity index (χ4v) is 2.97. The van der Waals surface area contributed by atoms with E-state index < -0.39 is 0 Å². The van der Waals surface area contributed by atoms with Gasteiger partial charge in [-0.15, -0.1) is 15.3 Å². The monoisotopic (exact) mass is 316 g/mol. The van der Waals surface area contributed by atoms with Gasteiger partial charge in [0.2, 0.25) is 5.13 Å². The van der Waals surface area contributed by atoms with Crippen molar-refractivity contribution in [2.45, 2.75) is 20.1 Å². The van der Waals surface area contributed by atoms with Gasteiger partial charge in [0.05, 0.1) is 0 Å². The van der Waals surface area contributed by atoms with E-state index in [2.05, 4.69) is 20.5 Å². The van der Waals surface area contributed by atoms with Crippen LogP contribution in [0.2, 0.25) is 0 Å². The first-order chi connectivity index (χ1) is 10.7. The number of ether oxygens (including phenoxy) is 1. The Morgan fingerprint density at radius 1 is 1.23 bits per heavy atom. The van der Waals surface area contributed by atoms with Crippen LogP contribution in [0.1, 0.15) is 16.3 Å². The highest BCUT2D eigenvalue weighted by molar-refractivity contribution is 7.13. The quantitative estimate of drug-likeness (QED) is 0.770. The molecule has 0 aliphatic heterocycles. The van der Waals surface area contributed by atoms with E-state index in [1.54, 1.807) is 11.8 Å². The van der Waals surface area contributed by atoms with Gasteiger partial charge in [-0.1, -0.05) is 40.8 Å². The molecule has 0 saturated carbocycles. The molecule has 7 nitrogen and oxygen atoms in total. The SMILES string of the molecule is COCc1nnc(-n2nnc(CN)c2-c2ccccc2C)s1. The molecule has 0 bridgehead atoms. The maximum absolute atomic E-state index is 5.81. The Labute approximate surface area is 131 Å². The van der Waals surface area contributed by atoms with Crippen LogP contribution < -0.4 is 5.73 Å². The zero-order valence-electron chi connectivity index (χ0n) is 12.4. The first kappa shape index (κ1) is 14.8. The summed E-state index contributed by atoms with van der Waals surface area (Å²) >= 11 is 1.42. The number of benzene rings is 1. The summed E-state index contributed by atoms with van der Waals surface area (Å²) in [4.78, 5) is 0. The smallest absolute Gasteiger partial charge is 0.234 e. The van der Waals surface area contributed by atoms with Crippen LogP contribution in [0.5, 0.6) is 0 Å². The highest BCUT2D eigenvalue weighted by Crippen LogP contribution is 2.28. The third-order valence-electron chi connectivity index (χ3n) is 3.24. The van der Waals surface area contributed by atoms with Gasteiger partial charge in [0, 0.05) is 19.2 Å². The summed E-state index contributed by atoms with van der Waals surface area (Å²) in [6.45, 7) is 2.78. The van der Waals surface area contributed by atoms with Gasteiger partial charge < -0.3 is 10.5 Å². The van der Waals surface area contributed by atoms with Gasteiger partial charge in [0.15, 0.2) is 0 Å². The summed E-state index contributed by atoms with van der Waals surface area (Å²) in [7, 11) is 1.63. The first-order valence-electron chi connectivity index (χ1n) is 6.77. The van der Waals surface area contributed by atoms with Crippen molar-refractivity contribution in [3.8, 4) is 16.4 Å². The van der Waals surface area contributed by atoms with Crippen LogP contribution in [-0.2, 0) is 17.9 Å². The van der Waals surface area contributed by atoms with Crippen molar-refractivity contribution in [1.29, 1.82) is 0 Å². The zero-order valence-corrected chi connectivity index (χ0v) is 13.2. The lowest BCUT2D eigenvalue weighted by Crippen LogP contribution is -2.03. The molecular weight excluding hydrogens is 300 g/mol. The van der Waals surface area contributed by atoms with Gasteiger partial charge in [-0.3, -0.25) is 0 Å². The number of nitrogens with zero attached hydrogens (tertiary/aromatic N) is 5. The van der Waals surface area contributed by atoms with Gasteiger partial charge in [-0.25, -0.2) is 0 Å². The molecule has 114 valence electrons. The molecule has 0 atom stereocenters. The normalized spacial score (nSPS) is 11.0. The van der Waals surface area contributed by atoms with E-state index >= 15 is 0 Å². The van der Waals surface area contributed by atoms with Crippen LogP contribution in [0.25, 0.3) is 16.4 Å². The first-order valence-corrected chi connectivity index (χ1v) is 7.58. The molecule has 2 N–H and O–H groups in total. The molecule has 0 amide bonds. The lowest BCUT2D eigenvalue weighted by atomic mass is 10.0. The van der Waals surface area contributed by atoms with Crippen molar-refractivity contribution in [3.63, 3.8) is 0 Å². The Hall–Kier alpha value is -2.16. The van der Waals surface area contributed by atoms with E-state index in [0.717, 1.165) is 27.5 Å². The van der Waals surface area contributed by atoms with Crippen LogP contribution in [0.3, 0.4) is 0 Å². The Kier molecular flexibility index (Phi) is 4.23. The molecule has 8 heteroatoms. The second kappa shape index (κ2) is 6.30. The summed E-state index contributed by atoms with van der Waals surface area (Å²) in [5.41, 5.74) is 9.58. The van der Waals surface area contributed by atoms with Crippen LogP contribution in [0.15, 0.2) is 24.3 Å². The van der Waals surface area contributed by atoms with Crippen molar-refractivity contribution in [1.82, 2.24) is 25.2 Å². The number of nitrogens with two attached hydrogens (primary N) is 1. The average molecular weight is 316 g/mol. The Morgan fingerprint density at radius 3 is 2.77 bits per heavy atom. The summed E-state index contributed by atoms with van der Waals surface area (Å²) in [5.74, 6) is 0. The molecule has 2 aromatic heterocycles. The van der Waals surface area contributed by atoms with E-state index in [1.165, 1.54) is 11.3 Å². The van der Waals surface area contributed by atoms with Crippen molar-refractivity contribution in [3.05, 3.63) is 40.5 Å². The number of methoxy groups -OCH3 is 1. The third-order valence-corrected chi connectivity index (χ3v) is 4.11. The van der Waals surface area contributed by atoms with Crippen molar-refractivity contribution in [2.75, 3.05) is 7.11 Å². The predicted molar refractivity (Wildman–Crippen MR) is 83.6 cm³/mol. The maximum Gasteiger partial charge on any atom is 0.234 e. The van der Waals surface area contributed by atoms with Crippen molar-refractivity contribution in [2.24, 2.45) is 5.73 Å². The zero-order chi connectivity index (χ0) is 15.5. The summed E-state index contributed by atoms with van der Waals surface area (Å²) in [6.07, 6.45) is 0. The number of hydrogen-bond donors (Lipinski definition) is 1. The van der Waals surface area contributed by atoms with Crippen LogP contribution in [-0.4, -0.2) is 32.3 Å². The summed E-state index contributed by atoms with van der Waals surface area (Å²) < 4.78 is 6.78. The van der Waals surface area contributed by atoms with Gasteiger partial charge in [0.25, 0.3) is 0 Å². The largest absolute Gasteiger partial charge is 0.377 e. The summed E-state index contributed by atoms with van der Waals surface area (Å²) in [6, 6.07) is 8.05. The number of aromatic nitrogens is 5. The Balaban J connectivity index is 2.13. The van der Waals surface area contributed by atoms with E-state index in [1.807, 2.05) is 31.2 Å². The van der Waals surface area contributed by atoms with E-state index in [-0.39, 0.29) is 0 Å². The lowest BCUT2D eigenvalue weighted by Gasteiger charge is -2.07. The molecule has 0 aliphatic carbocycles. The minimum atomic E-state index is 0.313. The van der Waals surface area contributed by atoms with Crippen molar-refractivity contribution >= 4 is 11.3 Å². The molecule has 0 saturated heterocycles. The molecule has 3 rings (SSSR count). The molecule has 0 aliphatic rings. The molecule has 0 spiro atoms. The standard InChI is InChI=1S/C14H16N6OS/c1-9-5-3-4-6-10(9)13-11(7-15)16-19-20(13)14-18-17-12(22-14)8-21-2/h3-6H,7-8,15H2,1-2H3. The molecular formula is C14H16N6OS. The Bertz CT molecular complexity index is 781. The molecule has 22 heavy (non-hydrogen) atoms. The maximum atomic E-state index is 5.81. The van der Waals surface area contributed by atoms with Crippen molar-refractivity contribution < 1.29 is 4.74 Å². The minimum absolute atomic E-state index is 0.313. The minimum Gasteiger partial charge on any atom is -0.377 e. The predicted octanol–water partition coefficient (Wildman–Crippen LogP) is 1.70. The van der Waals surface area contributed by atoms with Gasteiger partial charge in [0.1, 0.15) is 23.0 Å². The van der Waals surface area contributed by atoms with Gasteiger partial charge in [-0.05, 0) is 12.5 Å². The fourth-order valence-electron chi connectivity index (χ4n) is 2.20. The third kappa shape index (κ3) is 2.63. The topological polar surface area (TPSA) is 91.7 Å². The van der Waals surface area contributed by atoms with Crippen LogP contribution in [0.4, 0.5) is 0 Å². The van der Waals surface area contributed by atoms with E-state index in [4.69, 9.17) is 10.5 Å². The molecule has 3 aromatic rings. The van der Waals surface area contributed by atoms with Crippen LogP contribution in [0, 0.1) is 6.92 Å². The number of aryl methyl sites for hydroxylation is 1. The van der Waals surface area contributed by atoms with E-state index in [0.29, 0.717) is 18.3 Å². The van der Waals surface area contributed by atoms with Gasteiger partial charge >= 0.3 is 0 Å². The van der Waals surface area contributed by atoms with E-state index in [9.17, 15) is 0 Å². The highest BCUT2D eigenvalue weighted by Gasteiger charge is 2.19. The lowest BCUT2D eigenvalue weighted by molar-refractivity contribution is 0.184. The molecule has 0 unspecified atom stereocenters. The number of hydrogen-bond acceptors (Lipinski definition) is 7. The fraction of sp³-hybridized carbons (Fsp3) is 0.286. The molecule has 0 radical (unpaired) electrons. The Morgan fingerprint density at radius 2 is 2.05 bits per heavy atom. The second-order valence-corrected chi connectivity index (χ2v) is 5.77. The van der Waals surface area contributed by atoms with Crippen LogP contribution >= 0.6 is 11.3 Å². The van der Waals surface area contributed by atoms with Gasteiger partial charge in [-0.2, -0.15) is 4.68 Å². The summed E-state index contributed by atoms with van der Waals surface area (Å²) in [5, 5.41) is 18.1. The molecule has 1 aromatic carbocycles. The second-order valence-electron chi connectivity index (χ2n) is 4.73. The number of rotatable bonds is 5. The average Bonchev–Trinajstić information content (AvgIpc) is 3.14. The highest BCUT2D eigenvalue weighted by atomic mass is 32.1. The molecule has 2 heterocycles. The molecule has 0 fully saturated rings.